The Hall–Kier alpha value is -1.32. The number of carbonyl (C=O) groups is 1. The molecule has 4 heteroatoms. The van der Waals surface area contributed by atoms with Gasteiger partial charge < -0.3 is 9.52 Å². The van der Waals surface area contributed by atoms with Crippen molar-refractivity contribution >= 4 is 5.97 Å². The van der Waals surface area contributed by atoms with Gasteiger partial charge >= 0.3 is 5.97 Å². The molecule has 0 bridgehead atoms. The Balaban J connectivity index is 2.81. The maximum atomic E-state index is 10.3. The molecular weight excluding hydrogens is 170 g/mol. The number of hydrogen-bond acceptors (Lipinski definition) is 3. The lowest BCUT2D eigenvalue weighted by molar-refractivity contribution is -0.136. The molecule has 0 saturated carbocycles. The monoisotopic (exact) mass is 183 g/mol. The van der Waals surface area contributed by atoms with Crippen LogP contribution < -0.4 is 0 Å². The Bertz CT molecular complexity index is 309. The molecular formula is C9H13NO3. The van der Waals surface area contributed by atoms with Gasteiger partial charge in [0, 0.05) is 5.41 Å². The summed E-state index contributed by atoms with van der Waals surface area (Å²) in [7, 11) is 0. The van der Waals surface area contributed by atoms with E-state index in [2.05, 4.69) is 4.98 Å². The fourth-order valence-corrected chi connectivity index (χ4v) is 0.885. The van der Waals surface area contributed by atoms with E-state index in [1.54, 1.807) is 0 Å². The number of carboxylic acid groups (broad SMARTS) is 1. The molecule has 1 heterocycles. The molecule has 0 amide bonds. The van der Waals surface area contributed by atoms with Crippen LogP contribution in [-0.2, 0) is 16.6 Å². The summed E-state index contributed by atoms with van der Waals surface area (Å²) in [6.45, 7) is 5.89. The van der Waals surface area contributed by atoms with Crippen LogP contribution in [0.15, 0.2) is 10.6 Å². The SMILES string of the molecule is CC(C)(C)c1ncc(CC(=O)O)o1. The maximum absolute atomic E-state index is 10.3. The summed E-state index contributed by atoms with van der Waals surface area (Å²) in [5.74, 6) is 0.0674. The van der Waals surface area contributed by atoms with E-state index in [0.29, 0.717) is 11.7 Å². The van der Waals surface area contributed by atoms with Crippen molar-refractivity contribution in [1.82, 2.24) is 4.98 Å². The standard InChI is InChI=1S/C9H13NO3/c1-9(2,3)8-10-5-6(13-8)4-7(11)12/h5H,4H2,1-3H3,(H,11,12). The van der Waals surface area contributed by atoms with E-state index in [4.69, 9.17) is 9.52 Å². The van der Waals surface area contributed by atoms with Gasteiger partial charge in [-0.05, 0) is 0 Å². The lowest BCUT2D eigenvalue weighted by atomic mass is 9.97. The molecule has 1 N–H and O–H groups in total. The first-order valence-electron chi connectivity index (χ1n) is 4.06. The van der Waals surface area contributed by atoms with E-state index in [1.807, 2.05) is 20.8 Å². The maximum Gasteiger partial charge on any atom is 0.311 e. The Kier molecular flexibility index (Phi) is 2.40. The predicted octanol–water partition coefficient (Wildman–Crippen LogP) is 1.60. The van der Waals surface area contributed by atoms with Gasteiger partial charge in [0.05, 0.1) is 6.20 Å². The van der Waals surface area contributed by atoms with Gasteiger partial charge in [0.25, 0.3) is 0 Å². The van der Waals surface area contributed by atoms with E-state index >= 15 is 0 Å². The fraction of sp³-hybridized carbons (Fsp3) is 0.556. The van der Waals surface area contributed by atoms with Crippen molar-refractivity contribution in [3.63, 3.8) is 0 Å². The molecule has 0 atom stereocenters. The number of aliphatic carboxylic acids is 1. The zero-order valence-corrected chi connectivity index (χ0v) is 8.00. The molecule has 1 rings (SSSR count). The van der Waals surface area contributed by atoms with Gasteiger partial charge in [-0.15, -0.1) is 0 Å². The highest BCUT2D eigenvalue weighted by molar-refractivity contribution is 5.69. The molecule has 0 aliphatic rings. The number of oxazole rings is 1. The summed E-state index contributed by atoms with van der Waals surface area (Å²) in [6, 6.07) is 0. The topological polar surface area (TPSA) is 63.3 Å². The molecule has 0 aromatic carbocycles. The molecule has 72 valence electrons. The largest absolute Gasteiger partial charge is 0.481 e. The van der Waals surface area contributed by atoms with Crippen LogP contribution in [-0.4, -0.2) is 16.1 Å². The van der Waals surface area contributed by atoms with Gasteiger partial charge in [-0.1, -0.05) is 20.8 Å². The number of rotatable bonds is 2. The van der Waals surface area contributed by atoms with Crippen molar-refractivity contribution < 1.29 is 14.3 Å². The first-order valence-corrected chi connectivity index (χ1v) is 4.06. The second kappa shape index (κ2) is 3.20. The van der Waals surface area contributed by atoms with Gasteiger partial charge in [0.2, 0.25) is 0 Å². The Morgan fingerprint density at radius 3 is 2.62 bits per heavy atom. The van der Waals surface area contributed by atoms with Crippen molar-refractivity contribution in [2.24, 2.45) is 0 Å². The molecule has 4 nitrogen and oxygen atoms in total. The van der Waals surface area contributed by atoms with Crippen LogP contribution in [0, 0.1) is 0 Å². The number of carboxylic acids is 1. The Morgan fingerprint density at radius 1 is 1.62 bits per heavy atom. The van der Waals surface area contributed by atoms with Crippen LogP contribution in [0.5, 0.6) is 0 Å². The summed E-state index contributed by atoms with van der Waals surface area (Å²) in [5.41, 5.74) is -0.170. The average Bonchev–Trinajstić information content (AvgIpc) is 2.32. The molecule has 0 aliphatic heterocycles. The minimum atomic E-state index is -0.906. The molecule has 0 aliphatic carbocycles. The van der Waals surface area contributed by atoms with Gasteiger partial charge in [0.1, 0.15) is 12.2 Å². The second-order valence-corrected chi connectivity index (χ2v) is 3.95. The van der Waals surface area contributed by atoms with Gasteiger partial charge in [-0.2, -0.15) is 0 Å². The molecule has 0 unspecified atom stereocenters. The fourth-order valence-electron chi connectivity index (χ4n) is 0.885. The van der Waals surface area contributed by atoms with E-state index in [9.17, 15) is 4.79 Å². The average molecular weight is 183 g/mol. The van der Waals surface area contributed by atoms with Crippen molar-refractivity contribution in [3.8, 4) is 0 Å². The van der Waals surface area contributed by atoms with Crippen molar-refractivity contribution in [2.45, 2.75) is 32.6 Å². The quantitative estimate of drug-likeness (QED) is 0.756. The van der Waals surface area contributed by atoms with Crippen LogP contribution in [0.3, 0.4) is 0 Å². The normalized spacial score (nSPS) is 11.6. The summed E-state index contributed by atoms with van der Waals surface area (Å²) >= 11 is 0. The summed E-state index contributed by atoms with van der Waals surface area (Å²) in [5, 5.41) is 8.49. The van der Waals surface area contributed by atoms with Crippen LogP contribution in [0.1, 0.15) is 32.4 Å². The second-order valence-electron chi connectivity index (χ2n) is 3.95. The zero-order chi connectivity index (χ0) is 10.1. The third-order valence-corrected chi connectivity index (χ3v) is 1.52. The van der Waals surface area contributed by atoms with E-state index in [0.717, 1.165) is 0 Å². The summed E-state index contributed by atoms with van der Waals surface area (Å²) in [4.78, 5) is 14.4. The highest BCUT2D eigenvalue weighted by Crippen LogP contribution is 2.21. The van der Waals surface area contributed by atoms with Gasteiger partial charge in [-0.3, -0.25) is 4.79 Å². The molecule has 0 fully saturated rings. The molecule has 1 aromatic rings. The zero-order valence-electron chi connectivity index (χ0n) is 8.00. The van der Waals surface area contributed by atoms with E-state index < -0.39 is 5.97 Å². The number of hydrogen-bond donors (Lipinski definition) is 1. The van der Waals surface area contributed by atoms with Crippen molar-refractivity contribution in [3.05, 3.63) is 17.8 Å². The van der Waals surface area contributed by atoms with Crippen LogP contribution in [0.25, 0.3) is 0 Å². The molecule has 0 saturated heterocycles. The van der Waals surface area contributed by atoms with Gasteiger partial charge in [-0.25, -0.2) is 4.98 Å². The Labute approximate surface area is 76.6 Å². The van der Waals surface area contributed by atoms with Crippen molar-refractivity contribution in [2.75, 3.05) is 0 Å². The van der Waals surface area contributed by atoms with Crippen LogP contribution >= 0.6 is 0 Å². The van der Waals surface area contributed by atoms with Crippen molar-refractivity contribution in [1.29, 1.82) is 0 Å². The highest BCUT2D eigenvalue weighted by Gasteiger charge is 2.20. The third-order valence-electron chi connectivity index (χ3n) is 1.52. The lowest BCUT2D eigenvalue weighted by Crippen LogP contribution is -2.11. The summed E-state index contributed by atoms with van der Waals surface area (Å²) < 4.78 is 5.27. The third kappa shape index (κ3) is 2.57. The van der Waals surface area contributed by atoms with Gasteiger partial charge in [0.15, 0.2) is 5.89 Å². The molecule has 0 spiro atoms. The first-order chi connectivity index (χ1) is 5.89. The smallest absolute Gasteiger partial charge is 0.311 e. The molecule has 0 radical (unpaired) electrons. The lowest BCUT2D eigenvalue weighted by Gasteiger charge is -2.11. The number of nitrogens with zero attached hydrogens (tertiary/aromatic N) is 1. The van der Waals surface area contributed by atoms with E-state index in [-0.39, 0.29) is 11.8 Å². The minimum absolute atomic E-state index is 0.108. The highest BCUT2D eigenvalue weighted by atomic mass is 16.4. The van der Waals surface area contributed by atoms with E-state index in [1.165, 1.54) is 6.20 Å². The Morgan fingerprint density at radius 2 is 2.23 bits per heavy atom. The molecule has 13 heavy (non-hydrogen) atoms. The summed E-state index contributed by atoms with van der Waals surface area (Å²) in [6.07, 6.45) is 1.36. The predicted molar refractivity (Wildman–Crippen MR) is 46.5 cm³/mol. The van der Waals surface area contributed by atoms with Crippen LogP contribution in [0.2, 0.25) is 0 Å². The minimum Gasteiger partial charge on any atom is -0.481 e. The first kappa shape index (κ1) is 9.77. The van der Waals surface area contributed by atoms with Crippen LogP contribution in [0.4, 0.5) is 0 Å². The molecule has 1 aromatic heterocycles. The number of aromatic nitrogens is 1.